The smallest absolute Gasteiger partial charge is 0.158 e. The van der Waals surface area contributed by atoms with Crippen LogP contribution in [0, 0.1) is 0 Å². The number of unbranched alkanes of at least 4 members (excludes halogenated alkanes) is 1. The second-order valence-electron chi connectivity index (χ2n) is 4.28. The molecule has 2 rings (SSSR count). The van der Waals surface area contributed by atoms with Crippen LogP contribution in [0.25, 0.3) is 20.9 Å². The Morgan fingerprint density at radius 1 is 1.15 bits per heavy atom. The highest BCUT2D eigenvalue weighted by Gasteiger charge is 2.19. The van der Waals surface area contributed by atoms with E-state index in [9.17, 15) is 0 Å². The third-order valence-corrected chi connectivity index (χ3v) is 2.98. The summed E-state index contributed by atoms with van der Waals surface area (Å²) >= 11 is 0. The molecular formula is C11H13N9. The van der Waals surface area contributed by atoms with Gasteiger partial charge in [0.2, 0.25) is 0 Å². The predicted molar refractivity (Wildman–Crippen MR) is 73.5 cm³/mol. The minimum atomic E-state index is 0.223. The molecule has 2 heterocycles. The first-order valence-electron chi connectivity index (χ1n) is 6.26. The van der Waals surface area contributed by atoms with E-state index < -0.39 is 0 Å². The van der Waals surface area contributed by atoms with Crippen molar-refractivity contribution in [2.45, 2.75) is 32.2 Å². The van der Waals surface area contributed by atoms with E-state index >= 15 is 0 Å². The molecule has 0 N–H and O–H groups in total. The molecular weight excluding hydrogens is 258 g/mol. The Labute approximate surface area is 115 Å². The molecule has 9 heteroatoms. The minimum absolute atomic E-state index is 0.223. The van der Waals surface area contributed by atoms with Gasteiger partial charge in [-0.3, -0.25) is 0 Å². The van der Waals surface area contributed by atoms with Gasteiger partial charge in [0.1, 0.15) is 6.33 Å². The number of azide groups is 2. The number of fused-ring (bicyclic) bond motifs is 1. The molecule has 9 nitrogen and oxygen atoms in total. The van der Waals surface area contributed by atoms with Crippen LogP contribution >= 0.6 is 0 Å². The molecule has 0 fully saturated rings. The summed E-state index contributed by atoms with van der Waals surface area (Å²) in [6, 6.07) is 0. The van der Waals surface area contributed by atoms with E-state index in [0.717, 1.165) is 36.2 Å². The number of hydrogen-bond acceptors (Lipinski definition) is 5. The topological polar surface area (TPSA) is 136 Å². The highest BCUT2D eigenvalue weighted by Crippen LogP contribution is 2.27. The monoisotopic (exact) mass is 271 g/mol. The number of nitrogens with zero attached hydrogens (tertiary/aromatic N) is 9. The first-order chi connectivity index (χ1) is 9.85. The average molecular weight is 271 g/mol. The van der Waals surface area contributed by atoms with Crippen LogP contribution < -0.4 is 0 Å². The van der Waals surface area contributed by atoms with Crippen molar-refractivity contribution >= 4 is 11.5 Å². The molecule has 0 atom stereocenters. The average Bonchev–Trinajstić information content (AvgIpc) is 2.88. The Morgan fingerprint density at radius 2 is 2.00 bits per heavy atom. The molecule has 1 aliphatic rings. The van der Waals surface area contributed by atoms with Crippen molar-refractivity contribution in [1.82, 2.24) is 9.97 Å². The van der Waals surface area contributed by atoms with Crippen molar-refractivity contribution in [2.24, 2.45) is 15.2 Å². The standard InChI is InChI=1S/C11H13N9/c12-19-16-4-2-1-3-8-5-9-10(6-17-20-13)14-7-15-11(9)18-8/h7H,1-6H2. The summed E-state index contributed by atoms with van der Waals surface area (Å²) in [5.41, 5.74) is 19.3. The molecule has 0 saturated heterocycles. The Balaban J connectivity index is 1.94. The van der Waals surface area contributed by atoms with Crippen LogP contribution in [-0.4, -0.2) is 22.2 Å². The quantitative estimate of drug-likeness (QED) is 0.325. The number of hydrogen-bond donors (Lipinski definition) is 0. The fourth-order valence-corrected chi connectivity index (χ4v) is 2.04. The van der Waals surface area contributed by atoms with Crippen molar-refractivity contribution in [1.29, 1.82) is 0 Å². The second-order valence-corrected chi connectivity index (χ2v) is 4.28. The van der Waals surface area contributed by atoms with Crippen molar-refractivity contribution in [2.75, 3.05) is 6.54 Å². The maximum absolute atomic E-state index is 8.37. The first kappa shape index (κ1) is 13.8. The minimum Gasteiger partial charge on any atom is -0.241 e. The van der Waals surface area contributed by atoms with Gasteiger partial charge in [-0.15, -0.1) is 0 Å². The molecule has 1 aliphatic heterocycles. The molecule has 0 aromatic carbocycles. The fourth-order valence-electron chi connectivity index (χ4n) is 2.04. The molecule has 0 amide bonds. The molecule has 20 heavy (non-hydrogen) atoms. The SMILES string of the molecule is [N-]=[N+]=NCCCCC1=Nc2ncnc(CN=[N+]=[N-])c2C1. The molecule has 0 aliphatic carbocycles. The van der Waals surface area contributed by atoms with Gasteiger partial charge in [0.25, 0.3) is 0 Å². The van der Waals surface area contributed by atoms with Crippen molar-refractivity contribution in [3.63, 3.8) is 0 Å². The summed E-state index contributed by atoms with van der Waals surface area (Å²) in [7, 11) is 0. The number of aliphatic imine (C=N–C) groups is 1. The fraction of sp³-hybridized carbons (Fsp3) is 0.545. The summed E-state index contributed by atoms with van der Waals surface area (Å²) in [5, 5.41) is 7.03. The van der Waals surface area contributed by atoms with Crippen LogP contribution in [0.5, 0.6) is 0 Å². The third kappa shape index (κ3) is 3.44. The van der Waals surface area contributed by atoms with Crippen LogP contribution in [0.3, 0.4) is 0 Å². The zero-order chi connectivity index (χ0) is 14.2. The van der Waals surface area contributed by atoms with E-state index in [0.29, 0.717) is 18.8 Å². The molecule has 1 aromatic rings. The van der Waals surface area contributed by atoms with E-state index in [-0.39, 0.29) is 6.54 Å². The molecule has 0 unspecified atom stereocenters. The van der Waals surface area contributed by atoms with E-state index in [1.165, 1.54) is 6.33 Å². The van der Waals surface area contributed by atoms with Crippen LogP contribution in [0.4, 0.5) is 5.82 Å². The first-order valence-corrected chi connectivity index (χ1v) is 6.26. The highest BCUT2D eigenvalue weighted by atomic mass is 15.1. The largest absolute Gasteiger partial charge is 0.241 e. The molecule has 0 bridgehead atoms. The van der Waals surface area contributed by atoms with Gasteiger partial charge in [0.15, 0.2) is 5.82 Å². The van der Waals surface area contributed by atoms with Crippen LogP contribution in [0.2, 0.25) is 0 Å². The summed E-state index contributed by atoms with van der Waals surface area (Å²) in [6.45, 7) is 0.736. The van der Waals surface area contributed by atoms with Gasteiger partial charge < -0.3 is 0 Å². The van der Waals surface area contributed by atoms with Gasteiger partial charge in [0.05, 0.1) is 12.2 Å². The van der Waals surface area contributed by atoms with Gasteiger partial charge in [-0.25, -0.2) is 15.0 Å². The van der Waals surface area contributed by atoms with Crippen LogP contribution in [0.15, 0.2) is 21.5 Å². The maximum Gasteiger partial charge on any atom is 0.158 e. The van der Waals surface area contributed by atoms with Gasteiger partial charge in [-0.2, -0.15) is 0 Å². The zero-order valence-electron chi connectivity index (χ0n) is 10.8. The summed E-state index contributed by atoms with van der Waals surface area (Å²) in [6.07, 6.45) is 4.75. The Kier molecular flexibility index (Phi) is 4.88. The lowest BCUT2D eigenvalue weighted by atomic mass is 10.1. The van der Waals surface area contributed by atoms with E-state index in [2.05, 4.69) is 35.0 Å². The predicted octanol–water partition coefficient (Wildman–Crippen LogP) is 3.40. The summed E-state index contributed by atoms with van der Waals surface area (Å²) < 4.78 is 0. The number of aromatic nitrogens is 2. The molecule has 102 valence electrons. The molecule has 0 saturated carbocycles. The van der Waals surface area contributed by atoms with Gasteiger partial charge in [-0.05, 0) is 30.3 Å². The van der Waals surface area contributed by atoms with Crippen molar-refractivity contribution in [3.8, 4) is 0 Å². The van der Waals surface area contributed by atoms with Crippen LogP contribution in [0.1, 0.15) is 30.5 Å². The zero-order valence-corrected chi connectivity index (χ0v) is 10.8. The van der Waals surface area contributed by atoms with Crippen molar-refractivity contribution < 1.29 is 0 Å². The summed E-state index contributed by atoms with van der Waals surface area (Å²) in [5.74, 6) is 0.674. The van der Waals surface area contributed by atoms with Crippen LogP contribution in [-0.2, 0) is 13.0 Å². The van der Waals surface area contributed by atoms with E-state index in [4.69, 9.17) is 11.1 Å². The second kappa shape index (κ2) is 7.08. The molecule has 0 radical (unpaired) electrons. The third-order valence-electron chi connectivity index (χ3n) is 2.98. The normalized spacial score (nSPS) is 12.1. The van der Waals surface area contributed by atoms with Gasteiger partial charge in [-0.1, -0.05) is 10.2 Å². The van der Waals surface area contributed by atoms with E-state index in [1.807, 2.05) is 0 Å². The summed E-state index contributed by atoms with van der Waals surface area (Å²) in [4.78, 5) is 18.2. The maximum atomic E-state index is 8.37. The Hall–Kier alpha value is -2.63. The molecule has 1 aromatic heterocycles. The van der Waals surface area contributed by atoms with Gasteiger partial charge >= 0.3 is 0 Å². The van der Waals surface area contributed by atoms with Crippen molar-refractivity contribution in [3.05, 3.63) is 38.5 Å². The molecule has 0 spiro atoms. The lowest BCUT2D eigenvalue weighted by Crippen LogP contribution is -2.01. The Bertz CT molecular complexity index is 608. The van der Waals surface area contributed by atoms with E-state index in [1.54, 1.807) is 0 Å². The number of rotatable bonds is 7. The Morgan fingerprint density at radius 3 is 2.80 bits per heavy atom. The lowest BCUT2D eigenvalue weighted by molar-refractivity contribution is 0.766. The highest BCUT2D eigenvalue weighted by molar-refractivity contribution is 5.93. The van der Waals surface area contributed by atoms with Gasteiger partial charge in [0, 0.05) is 34.1 Å². The lowest BCUT2D eigenvalue weighted by Gasteiger charge is -2.02.